The molecule has 4 N–H and O–H groups in total. The number of carbonyl (C=O) groups is 2. The molecule has 0 spiro atoms. The Bertz CT molecular complexity index is 628. The van der Waals surface area contributed by atoms with E-state index in [-0.39, 0.29) is 18.5 Å². The minimum Gasteiger partial charge on any atom is -0.481 e. The fraction of sp³-hybridized carbons (Fsp3) is 0.680. The highest BCUT2D eigenvalue weighted by molar-refractivity contribution is 5.77. The molecule has 0 amide bonds. The summed E-state index contributed by atoms with van der Waals surface area (Å²) in [5, 5.41) is 19.2. The van der Waals surface area contributed by atoms with Crippen molar-refractivity contribution in [3.05, 3.63) is 35.9 Å². The molecule has 0 bridgehead atoms. The van der Waals surface area contributed by atoms with Crippen LogP contribution in [0.4, 0.5) is 0 Å². The average Bonchev–Trinajstić information content (AvgIpc) is 2.78. The van der Waals surface area contributed by atoms with Crippen LogP contribution in [0.25, 0.3) is 0 Å². The fourth-order valence-corrected chi connectivity index (χ4v) is 4.57. The van der Waals surface area contributed by atoms with Gasteiger partial charge < -0.3 is 25.7 Å². The second-order valence-corrected chi connectivity index (χ2v) is 8.08. The predicted octanol–water partition coefficient (Wildman–Crippen LogP) is 3.92. The van der Waals surface area contributed by atoms with Crippen LogP contribution in [-0.4, -0.2) is 70.2 Å². The zero-order chi connectivity index (χ0) is 24.7. The van der Waals surface area contributed by atoms with Gasteiger partial charge in [0.25, 0.3) is 0 Å². The first-order valence-corrected chi connectivity index (χ1v) is 11.8. The molecule has 0 saturated carbocycles. The molecule has 0 aromatic heterocycles. The van der Waals surface area contributed by atoms with Crippen molar-refractivity contribution < 1.29 is 19.8 Å². The van der Waals surface area contributed by atoms with Crippen LogP contribution in [0, 0.1) is 5.41 Å². The summed E-state index contributed by atoms with van der Waals surface area (Å²) in [5.74, 6) is -1.70. The lowest BCUT2D eigenvalue weighted by Crippen LogP contribution is -2.60. The number of carboxylic acids is 2. The molecule has 184 valence electrons. The lowest BCUT2D eigenvalue weighted by molar-refractivity contribution is -0.161. The van der Waals surface area contributed by atoms with E-state index in [2.05, 4.69) is 9.80 Å². The van der Waals surface area contributed by atoms with Crippen LogP contribution in [0.5, 0.6) is 0 Å². The number of rotatable bonds is 14. The van der Waals surface area contributed by atoms with Gasteiger partial charge in [-0.3, -0.25) is 9.59 Å². The number of aliphatic carboxylic acids is 2. The van der Waals surface area contributed by atoms with Crippen LogP contribution < -0.4 is 5.73 Å². The molecule has 1 rings (SSSR count). The average molecular weight is 452 g/mol. The second kappa shape index (κ2) is 15.8. The predicted molar refractivity (Wildman–Crippen MR) is 131 cm³/mol. The van der Waals surface area contributed by atoms with Crippen LogP contribution in [0.1, 0.15) is 66.4 Å². The van der Waals surface area contributed by atoms with E-state index in [9.17, 15) is 14.7 Å². The summed E-state index contributed by atoms with van der Waals surface area (Å²) in [4.78, 5) is 27.7. The van der Waals surface area contributed by atoms with Crippen molar-refractivity contribution in [2.75, 3.05) is 26.2 Å². The molecule has 0 aliphatic carbocycles. The van der Waals surface area contributed by atoms with Crippen molar-refractivity contribution >= 4 is 11.9 Å². The quantitative estimate of drug-likeness (QED) is 0.393. The SMILES string of the molecule is CCN(CC)C(C)C(CCCC(=O)O)(C(=O)O)C(C)N(CC)CC.NCc1ccccc1. The summed E-state index contributed by atoms with van der Waals surface area (Å²) >= 11 is 0. The molecule has 0 aliphatic rings. The van der Waals surface area contributed by atoms with E-state index in [4.69, 9.17) is 10.8 Å². The highest BCUT2D eigenvalue weighted by Crippen LogP contribution is 2.39. The molecule has 0 heterocycles. The van der Waals surface area contributed by atoms with E-state index >= 15 is 0 Å². The molecule has 0 fully saturated rings. The zero-order valence-electron chi connectivity index (χ0n) is 20.9. The third-order valence-electron chi connectivity index (χ3n) is 6.67. The van der Waals surface area contributed by atoms with Gasteiger partial charge in [-0.05, 0) is 58.4 Å². The van der Waals surface area contributed by atoms with Gasteiger partial charge in [0.2, 0.25) is 0 Å². The highest BCUT2D eigenvalue weighted by atomic mass is 16.4. The monoisotopic (exact) mass is 451 g/mol. The molecule has 2 atom stereocenters. The topological polar surface area (TPSA) is 107 Å². The number of carboxylic acid groups (broad SMARTS) is 2. The number of benzene rings is 1. The van der Waals surface area contributed by atoms with Crippen LogP contribution in [0.3, 0.4) is 0 Å². The van der Waals surface area contributed by atoms with Crippen molar-refractivity contribution in [2.24, 2.45) is 11.1 Å². The largest absolute Gasteiger partial charge is 0.481 e. The summed E-state index contributed by atoms with van der Waals surface area (Å²) in [6.07, 6.45) is 0.744. The van der Waals surface area contributed by atoms with Gasteiger partial charge in [-0.2, -0.15) is 0 Å². The maximum atomic E-state index is 12.5. The van der Waals surface area contributed by atoms with Gasteiger partial charge in [-0.25, -0.2) is 0 Å². The van der Waals surface area contributed by atoms with Crippen LogP contribution in [0.15, 0.2) is 30.3 Å². The molecule has 32 heavy (non-hydrogen) atoms. The van der Waals surface area contributed by atoms with Gasteiger partial charge in [0, 0.05) is 25.0 Å². The van der Waals surface area contributed by atoms with Crippen LogP contribution >= 0.6 is 0 Å². The lowest BCUT2D eigenvalue weighted by atomic mass is 9.69. The van der Waals surface area contributed by atoms with Crippen molar-refractivity contribution in [3.63, 3.8) is 0 Å². The Morgan fingerprint density at radius 2 is 1.34 bits per heavy atom. The maximum Gasteiger partial charge on any atom is 0.312 e. The maximum absolute atomic E-state index is 12.5. The Morgan fingerprint density at radius 3 is 1.62 bits per heavy atom. The van der Waals surface area contributed by atoms with Crippen LogP contribution in [0.2, 0.25) is 0 Å². The molecule has 7 nitrogen and oxygen atoms in total. The van der Waals surface area contributed by atoms with Crippen LogP contribution in [-0.2, 0) is 16.1 Å². The lowest BCUT2D eigenvalue weighted by Gasteiger charge is -2.48. The van der Waals surface area contributed by atoms with E-state index in [1.54, 1.807) is 0 Å². The summed E-state index contributed by atoms with van der Waals surface area (Å²) in [7, 11) is 0. The minimum absolute atomic E-state index is 0.00493. The highest BCUT2D eigenvalue weighted by Gasteiger charge is 2.50. The van der Waals surface area contributed by atoms with Gasteiger partial charge in [0.05, 0.1) is 5.41 Å². The minimum atomic E-state index is -0.993. The summed E-state index contributed by atoms with van der Waals surface area (Å²) in [6.45, 7) is 15.8. The Morgan fingerprint density at radius 1 is 0.906 bits per heavy atom. The fourth-order valence-electron chi connectivity index (χ4n) is 4.57. The standard InChI is InChI=1S/C18H36N2O4.C7H9N/c1-7-19(8-2)14(5)18(17(23)24,13-11-12-16(21)22)15(6)20(9-3)10-4;8-6-7-4-2-1-3-5-7/h14-15H,7-13H2,1-6H3,(H,21,22)(H,23,24);1-5H,6,8H2. The Balaban J connectivity index is 0.000000995. The number of nitrogens with two attached hydrogens (primary N) is 1. The second-order valence-electron chi connectivity index (χ2n) is 8.08. The van der Waals surface area contributed by atoms with Gasteiger partial charge in [-0.1, -0.05) is 58.0 Å². The number of hydrogen-bond donors (Lipinski definition) is 3. The summed E-state index contributed by atoms with van der Waals surface area (Å²) in [6, 6.07) is 9.65. The van der Waals surface area contributed by atoms with Gasteiger partial charge in [-0.15, -0.1) is 0 Å². The summed E-state index contributed by atoms with van der Waals surface area (Å²) in [5.41, 5.74) is 5.54. The summed E-state index contributed by atoms with van der Waals surface area (Å²) < 4.78 is 0. The van der Waals surface area contributed by atoms with Crippen molar-refractivity contribution in [3.8, 4) is 0 Å². The molecule has 0 aliphatic heterocycles. The Labute approximate surface area is 194 Å². The van der Waals surface area contributed by atoms with E-state index in [0.717, 1.165) is 26.2 Å². The van der Waals surface area contributed by atoms with E-state index in [1.807, 2.05) is 71.9 Å². The molecular weight excluding hydrogens is 406 g/mol. The van der Waals surface area contributed by atoms with Gasteiger partial charge in [0.1, 0.15) is 0 Å². The first kappa shape index (κ1) is 30.0. The van der Waals surface area contributed by atoms with Crippen molar-refractivity contribution in [1.82, 2.24) is 9.80 Å². The van der Waals surface area contributed by atoms with E-state index in [0.29, 0.717) is 19.4 Å². The molecule has 7 heteroatoms. The molecule has 0 radical (unpaired) electrons. The van der Waals surface area contributed by atoms with Crippen molar-refractivity contribution in [1.29, 1.82) is 0 Å². The van der Waals surface area contributed by atoms with Crippen molar-refractivity contribution in [2.45, 2.75) is 79.4 Å². The number of nitrogens with zero attached hydrogens (tertiary/aromatic N) is 2. The Hall–Kier alpha value is -1.96. The molecule has 1 aromatic rings. The third kappa shape index (κ3) is 8.52. The first-order chi connectivity index (χ1) is 15.2. The van der Waals surface area contributed by atoms with E-state index < -0.39 is 17.4 Å². The smallest absolute Gasteiger partial charge is 0.312 e. The Kier molecular flexibility index (Phi) is 14.8. The normalized spacial score (nSPS) is 14.9. The van der Waals surface area contributed by atoms with Gasteiger partial charge in [0.15, 0.2) is 0 Å². The third-order valence-corrected chi connectivity index (χ3v) is 6.67. The molecule has 0 saturated heterocycles. The molecule has 1 aromatic carbocycles. The molecular formula is C25H45N3O4. The molecule has 2 unspecified atom stereocenters. The zero-order valence-corrected chi connectivity index (χ0v) is 20.9. The first-order valence-electron chi connectivity index (χ1n) is 11.8. The number of hydrogen-bond acceptors (Lipinski definition) is 5. The van der Waals surface area contributed by atoms with E-state index in [1.165, 1.54) is 5.56 Å². The van der Waals surface area contributed by atoms with Gasteiger partial charge >= 0.3 is 11.9 Å².